The SMILES string of the molecule is CCOC(=O)C(=O)CC(=O)c1cc(Oc2ccccc2)ccc1O. The van der Waals surface area contributed by atoms with Crippen LogP contribution in [0.25, 0.3) is 0 Å². The Hall–Kier alpha value is -3.15. The predicted octanol–water partition coefficient (Wildman–Crippen LogP) is 2.89. The number of aromatic hydroxyl groups is 1. The summed E-state index contributed by atoms with van der Waals surface area (Å²) in [5.41, 5.74) is -0.0962. The maximum Gasteiger partial charge on any atom is 0.375 e. The fourth-order valence-corrected chi connectivity index (χ4v) is 1.95. The first kappa shape index (κ1) is 17.2. The minimum Gasteiger partial charge on any atom is -0.507 e. The average molecular weight is 328 g/mol. The van der Waals surface area contributed by atoms with Crippen molar-refractivity contribution in [3.63, 3.8) is 0 Å². The molecule has 24 heavy (non-hydrogen) atoms. The van der Waals surface area contributed by atoms with Crippen LogP contribution in [-0.2, 0) is 14.3 Å². The summed E-state index contributed by atoms with van der Waals surface area (Å²) in [6.45, 7) is 1.60. The van der Waals surface area contributed by atoms with Crippen LogP contribution in [0.15, 0.2) is 48.5 Å². The molecule has 0 aliphatic carbocycles. The smallest absolute Gasteiger partial charge is 0.375 e. The van der Waals surface area contributed by atoms with E-state index in [0.717, 1.165) is 0 Å². The van der Waals surface area contributed by atoms with Gasteiger partial charge in [-0.2, -0.15) is 0 Å². The number of phenols is 1. The summed E-state index contributed by atoms with van der Waals surface area (Å²) in [5, 5.41) is 9.82. The summed E-state index contributed by atoms with van der Waals surface area (Å²) in [7, 11) is 0. The fourth-order valence-electron chi connectivity index (χ4n) is 1.95. The van der Waals surface area contributed by atoms with E-state index in [9.17, 15) is 19.5 Å². The van der Waals surface area contributed by atoms with Crippen LogP contribution in [0.5, 0.6) is 17.2 Å². The van der Waals surface area contributed by atoms with Crippen molar-refractivity contribution in [2.45, 2.75) is 13.3 Å². The number of phenolic OH excluding ortho intramolecular Hbond substituents is 1. The van der Waals surface area contributed by atoms with Gasteiger partial charge in [-0.1, -0.05) is 18.2 Å². The number of ketones is 2. The lowest BCUT2D eigenvalue weighted by Crippen LogP contribution is -2.20. The Morgan fingerprint density at radius 1 is 1.00 bits per heavy atom. The van der Waals surface area contributed by atoms with Crippen molar-refractivity contribution < 1.29 is 29.0 Å². The lowest BCUT2D eigenvalue weighted by molar-refractivity contribution is -0.153. The summed E-state index contributed by atoms with van der Waals surface area (Å²) in [5.74, 6) is -2.13. The highest BCUT2D eigenvalue weighted by Gasteiger charge is 2.22. The van der Waals surface area contributed by atoms with Crippen LogP contribution in [-0.4, -0.2) is 29.2 Å². The Labute approximate surface area is 138 Å². The zero-order chi connectivity index (χ0) is 17.5. The summed E-state index contributed by atoms with van der Waals surface area (Å²) in [6, 6.07) is 13.0. The van der Waals surface area contributed by atoms with Crippen LogP contribution in [0, 0.1) is 0 Å². The molecule has 2 aromatic carbocycles. The van der Waals surface area contributed by atoms with Gasteiger partial charge in [-0.25, -0.2) is 4.79 Å². The number of esters is 1. The highest BCUT2D eigenvalue weighted by molar-refractivity contribution is 6.38. The summed E-state index contributed by atoms with van der Waals surface area (Å²) >= 11 is 0. The van der Waals surface area contributed by atoms with E-state index in [1.165, 1.54) is 18.2 Å². The highest BCUT2D eigenvalue weighted by Crippen LogP contribution is 2.27. The standard InChI is InChI=1S/C18H16O6/c1-2-23-18(22)17(21)11-16(20)14-10-13(8-9-15(14)19)24-12-6-4-3-5-7-12/h3-10,19H,2,11H2,1H3. The number of ether oxygens (including phenoxy) is 2. The molecule has 124 valence electrons. The maximum atomic E-state index is 12.1. The van der Waals surface area contributed by atoms with E-state index in [4.69, 9.17) is 4.74 Å². The van der Waals surface area contributed by atoms with E-state index in [-0.39, 0.29) is 17.9 Å². The van der Waals surface area contributed by atoms with Crippen molar-refractivity contribution in [2.75, 3.05) is 6.61 Å². The van der Waals surface area contributed by atoms with Crippen molar-refractivity contribution in [1.82, 2.24) is 0 Å². The van der Waals surface area contributed by atoms with E-state index in [0.29, 0.717) is 11.5 Å². The van der Waals surface area contributed by atoms with Gasteiger partial charge in [-0.3, -0.25) is 9.59 Å². The molecule has 0 aliphatic rings. The van der Waals surface area contributed by atoms with E-state index in [2.05, 4.69) is 4.74 Å². The largest absolute Gasteiger partial charge is 0.507 e. The molecule has 0 unspecified atom stereocenters. The van der Waals surface area contributed by atoms with Crippen molar-refractivity contribution in [1.29, 1.82) is 0 Å². The van der Waals surface area contributed by atoms with Crippen LogP contribution in [0.4, 0.5) is 0 Å². The monoisotopic (exact) mass is 328 g/mol. The number of Topliss-reactive ketones (excluding diaryl/α,β-unsaturated/α-hetero) is 2. The third-order valence-electron chi connectivity index (χ3n) is 3.07. The molecule has 6 nitrogen and oxygen atoms in total. The number of rotatable bonds is 7. The van der Waals surface area contributed by atoms with Crippen molar-refractivity contribution >= 4 is 17.5 Å². The van der Waals surface area contributed by atoms with Crippen LogP contribution < -0.4 is 4.74 Å². The second-order valence-corrected chi connectivity index (χ2v) is 4.84. The first-order chi connectivity index (χ1) is 11.5. The van der Waals surface area contributed by atoms with Gasteiger partial charge in [0.1, 0.15) is 17.2 Å². The van der Waals surface area contributed by atoms with Crippen LogP contribution in [0.3, 0.4) is 0 Å². The summed E-state index contributed by atoms with van der Waals surface area (Å²) in [6.07, 6.45) is -0.679. The van der Waals surface area contributed by atoms with E-state index < -0.39 is 24.0 Å². The summed E-state index contributed by atoms with van der Waals surface area (Å²) in [4.78, 5) is 35.0. The Morgan fingerprint density at radius 2 is 1.71 bits per heavy atom. The molecule has 2 aromatic rings. The normalized spacial score (nSPS) is 10.0. The fraction of sp³-hybridized carbons (Fsp3) is 0.167. The molecule has 0 heterocycles. The van der Waals surface area contributed by atoms with E-state index in [1.54, 1.807) is 31.2 Å². The predicted molar refractivity (Wildman–Crippen MR) is 85.2 cm³/mol. The van der Waals surface area contributed by atoms with Gasteiger partial charge >= 0.3 is 5.97 Å². The second-order valence-electron chi connectivity index (χ2n) is 4.84. The number of hydrogen-bond acceptors (Lipinski definition) is 6. The lowest BCUT2D eigenvalue weighted by Gasteiger charge is -2.08. The number of benzene rings is 2. The van der Waals surface area contributed by atoms with Gasteiger partial charge in [0.15, 0.2) is 5.78 Å². The Bertz CT molecular complexity index is 751. The van der Waals surface area contributed by atoms with Gasteiger partial charge in [0.2, 0.25) is 5.78 Å². The Kier molecular flexibility index (Phi) is 5.68. The molecule has 0 aliphatic heterocycles. The molecular formula is C18H16O6. The minimum atomic E-state index is -1.07. The highest BCUT2D eigenvalue weighted by atomic mass is 16.5. The molecule has 0 amide bonds. The molecular weight excluding hydrogens is 312 g/mol. The first-order valence-electron chi connectivity index (χ1n) is 7.30. The lowest BCUT2D eigenvalue weighted by atomic mass is 10.0. The molecule has 0 aromatic heterocycles. The van der Waals surface area contributed by atoms with Crippen LogP contribution in [0.2, 0.25) is 0 Å². The number of para-hydroxylation sites is 1. The molecule has 0 radical (unpaired) electrons. The average Bonchev–Trinajstić information content (AvgIpc) is 2.57. The molecule has 0 saturated carbocycles. The molecule has 0 saturated heterocycles. The summed E-state index contributed by atoms with van der Waals surface area (Å²) < 4.78 is 10.1. The van der Waals surface area contributed by atoms with Crippen molar-refractivity contribution in [3.05, 3.63) is 54.1 Å². The van der Waals surface area contributed by atoms with Gasteiger partial charge in [0, 0.05) is 0 Å². The van der Waals surface area contributed by atoms with Crippen molar-refractivity contribution in [2.24, 2.45) is 0 Å². The van der Waals surface area contributed by atoms with E-state index in [1.807, 2.05) is 6.07 Å². The molecule has 0 spiro atoms. The van der Waals surface area contributed by atoms with E-state index >= 15 is 0 Å². The van der Waals surface area contributed by atoms with Crippen LogP contribution >= 0.6 is 0 Å². The van der Waals surface area contributed by atoms with Gasteiger partial charge < -0.3 is 14.6 Å². The molecule has 2 rings (SSSR count). The molecule has 1 N–H and O–H groups in total. The Morgan fingerprint density at radius 3 is 2.38 bits per heavy atom. The quantitative estimate of drug-likeness (QED) is 0.364. The molecule has 0 atom stereocenters. The van der Waals surface area contributed by atoms with Gasteiger partial charge in [0.05, 0.1) is 18.6 Å². The first-order valence-corrected chi connectivity index (χ1v) is 7.30. The van der Waals surface area contributed by atoms with Gasteiger partial charge in [0.25, 0.3) is 0 Å². The third kappa shape index (κ3) is 4.42. The second kappa shape index (κ2) is 7.92. The van der Waals surface area contributed by atoms with Crippen molar-refractivity contribution in [3.8, 4) is 17.2 Å². The molecule has 6 heteroatoms. The molecule has 0 bridgehead atoms. The van der Waals surface area contributed by atoms with Crippen LogP contribution in [0.1, 0.15) is 23.7 Å². The number of hydrogen-bond donors (Lipinski definition) is 1. The zero-order valence-corrected chi connectivity index (χ0v) is 13.0. The number of carbonyl (C=O) groups is 3. The van der Waals surface area contributed by atoms with Gasteiger partial charge in [-0.15, -0.1) is 0 Å². The zero-order valence-electron chi connectivity index (χ0n) is 13.0. The van der Waals surface area contributed by atoms with Gasteiger partial charge in [-0.05, 0) is 37.3 Å². The third-order valence-corrected chi connectivity index (χ3v) is 3.07. The minimum absolute atomic E-state index is 0.0460. The topological polar surface area (TPSA) is 89.9 Å². The maximum absolute atomic E-state index is 12.1. The molecule has 0 fully saturated rings. The Balaban J connectivity index is 2.14. The number of carbonyl (C=O) groups excluding carboxylic acids is 3.